The average Bonchev–Trinajstić information content (AvgIpc) is 2.72. The van der Waals surface area contributed by atoms with Gasteiger partial charge >= 0.3 is 0 Å². The first-order valence-electron chi connectivity index (χ1n) is 9.67. The Labute approximate surface area is 126 Å². The number of rotatable bonds is 0. The lowest BCUT2D eigenvalue weighted by Crippen LogP contribution is -2.43. The van der Waals surface area contributed by atoms with Crippen LogP contribution in [0.1, 0.15) is 61.5 Å². The molecule has 0 aliphatic heterocycles. The molecule has 0 radical (unpaired) electrons. The van der Waals surface area contributed by atoms with Gasteiger partial charge in [0.15, 0.2) is 0 Å². The van der Waals surface area contributed by atoms with E-state index in [1.165, 1.54) is 0 Å². The monoisotopic (exact) mass is 276 g/mol. The molecule has 0 heterocycles. The number of aliphatic hydroxyl groups excluding tert-OH is 1. The number of aliphatic hydroxyl groups is 1. The smallest absolute Gasteiger partial charge is 0.115 e. The molecule has 4 rings (SSSR count). The normalized spacial score (nSPS) is 48.1. The lowest BCUT2D eigenvalue weighted by atomic mass is 9.55. The first-order valence-corrected chi connectivity index (χ1v) is 7.67. The van der Waals surface area contributed by atoms with Gasteiger partial charge in [0.05, 0.1) is 8.85 Å². The molecular formula is C18H24O2. The molecule has 0 spiro atoms. The minimum Gasteiger partial charge on any atom is -0.508 e. The van der Waals surface area contributed by atoms with E-state index in [0.29, 0.717) is 12.8 Å². The van der Waals surface area contributed by atoms with Gasteiger partial charge in [0.1, 0.15) is 5.75 Å². The van der Waals surface area contributed by atoms with Crippen LogP contribution in [0.2, 0.25) is 0 Å². The molecule has 3 aliphatic carbocycles. The summed E-state index contributed by atoms with van der Waals surface area (Å²) in [5, 5.41) is 20.4. The molecule has 2 nitrogen and oxygen atoms in total. The lowest BCUT2D eigenvalue weighted by molar-refractivity contribution is -0.0226. The van der Waals surface area contributed by atoms with Crippen molar-refractivity contribution in [3.63, 3.8) is 0 Å². The van der Waals surface area contributed by atoms with Crippen molar-refractivity contribution in [3.05, 3.63) is 29.3 Å². The zero-order valence-electron chi connectivity index (χ0n) is 15.8. The number of fused-ring (bicyclic) bond motifs is 5. The standard InChI is InChI=1S/C18H24O2/c1-18-9-8-14-13-5-3-12(19)10-11(13)2-4-15(14)16(18)6-7-17(18)20/h3,5,10,14-17,19-20H,2,4,6-9H2,1H3/t14-,15-,16+,17+,18+/m1/s1/i3D,7D2,10D. The Balaban J connectivity index is 1.77. The maximum absolute atomic E-state index is 10.6. The predicted molar refractivity (Wildman–Crippen MR) is 78.7 cm³/mol. The molecule has 1 aromatic rings. The number of benzene rings is 1. The predicted octanol–water partition coefficient (Wildman–Crippen LogP) is 3.61. The van der Waals surface area contributed by atoms with Gasteiger partial charge in [0, 0.05) is 2.74 Å². The zero-order valence-corrected chi connectivity index (χ0v) is 11.8. The maximum atomic E-state index is 10.6. The van der Waals surface area contributed by atoms with Crippen LogP contribution in [0.25, 0.3) is 0 Å². The van der Waals surface area contributed by atoms with E-state index in [2.05, 4.69) is 0 Å². The highest BCUT2D eigenvalue weighted by Gasteiger charge is 2.54. The maximum Gasteiger partial charge on any atom is 0.115 e. The van der Waals surface area contributed by atoms with Crippen molar-refractivity contribution in [1.29, 1.82) is 0 Å². The number of hydrogen-bond acceptors (Lipinski definition) is 2. The quantitative estimate of drug-likeness (QED) is 0.760. The van der Waals surface area contributed by atoms with Crippen molar-refractivity contribution >= 4 is 0 Å². The van der Waals surface area contributed by atoms with E-state index in [0.717, 1.165) is 30.4 Å². The van der Waals surface area contributed by atoms with Gasteiger partial charge in [-0.3, -0.25) is 0 Å². The van der Waals surface area contributed by atoms with Crippen LogP contribution in [0, 0.1) is 17.3 Å². The molecule has 1 aromatic carbocycles. The van der Waals surface area contributed by atoms with E-state index < -0.39 is 12.5 Å². The summed E-state index contributed by atoms with van der Waals surface area (Å²) in [6.07, 6.45) is 1.10. The summed E-state index contributed by atoms with van der Waals surface area (Å²) in [6, 6.07) is 1.81. The van der Waals surface area contributed by atoms with Crippen LogP contribution in [0.15, 0.2) is 18.2 Å². The number of aromatic hydroxyl groups is 1. The summed E-state index contributed by atoms with van der Waals surface area (Å²) in [4.78, 5) is 0. The molecule has 5 atom stereocenters. The molecule has 0 aromatic heterocycles. The zero-order chi connectivity index (χ0) is 17.4. The molecule has 0 amide bonds. The first kappa shape index (κ1) is 9.09. The van der Waals surface area contributed by atoms with E-state index in [4.69, 9.17) is 5.48 Å². The van der Waals surface area contributed by atoms with Crippen molar-refractivity contribution in [3.8, 4) is 5.75 Å². The minimum absolute atomic E-state index is 0.00882. The van der Waals surface area contributed by atoms with Crippen molar-refractivity contribution in [1.82, 2.24) is 0 Å². The Hall–Kier alpha value is -1.02. The average molecular weight is 276 g/mol. The van der Waals surface area contributed by atoms with Crippen LogP contribution in [-0.2, 0) is 6.42 Å². The fourth-order valence-corrected chi connectivity index (χ4v) is 4.95. The molecule has 2 N–H and O–H groups in total. The molecule has 2 saturated carbocycles. The number of hydrogen-bond donors (Lipinski definition) is 2. The second-order valence-electron chi connectivity index (χ2n) is 6.97. The summed E-state index contributed by atoms with van der Waals surface area (Å²) in [5.74, 6) is 0.389. The molecule has 3 aliphatic rings. The molecule has 0 bridgehead atoms. The summed E-state index contributed by atoms with van der Waals surface area (Å²) in [7, 11) is 0. The summed E-state index contributed by atoms with van der Waals surface area (Å²) < 4.78 is 32.4. The van der Waals surface area contributed by atoms with Gasteiger partial charge < -0.3 is 10.2 Å². The first-order chi connectivity index (χ1) is 11.2. The largest absolute Gasteiger partial charge is 0.508 e. The van der Waals surface area contributed by atoms with Crippen LogP contribution in [0.5, 0.6) is 5.75 Å². The van der Waals surface area contributed by atoms with Crippen LogP contribution in [0.4, 0.5) is 0 Å². The third-order valence-corrected chi connectivity index (χ3v) is 6.14. The Morgan fingerprint density at radius 3 is 3.10 bits per heavy atom. The van der Waals surface area contributed by atoms with Gasteiger partial charge in [-0.2, -0.15) is 0 Å². The molecule has 0 saturated heterocycles. The van der Waals surface area contributed by atoms with Crippen molar-refractivity contribution in [2.75, 3.05) is 0 Å². The SMILES string of the molecule is [2H]c1cc2c(c([2H])c1O)CC[C@@H]1[C@@H]2CC[C@@]2(C)[C@H]1CC([2H])([2H])[C@@H]2O. The lowest BCUT2D eigenvalue weighted by Gasteiger charge is -2.50. The second kappa shape index (κ2) is 4.24. The van der Waals surface area contributed by atoms with E-state index in [9.17, 15) is 10.2 Å². The highest BCUT2D eigenvalue weighted by Crippen LogP contribution is 2.60. The number of phenols is 1. The number of phenolic OH excluding ortho intramolecular Hbond substituents is 1. The Bertz CT molecular complexity index is 705. The third kappa shape index (κ3) is 1.60. The van der Waals surface area contributed by atoms with E-state index >= 15 is 0 Å². The minimum atomic E-state index is -1.54. The van der Waals surface area contributed by atoms with Crippen molar-refractivity contribution < 1.29 is 15.7 Å². The fourth-order valence-electron chi connectivity index (χ4n) is 4.95. The molecule has 108 valence electrons. The second-order valence-corrected chi connectivity index (χ2v) is 6.97. The highest BCUT2D eigenvalue weighted by molar-refractivity contribution is 5.40. The van der Waals surface area contributed by atoms with E-state index in [-0.39, 0.29) is 41.0 Å². The van der Waals surface area contributed by atoms with Gasteiger partial charge in [-0.05, 0) is 84.9 Å². The van der Waals surface area contributed by atoms with Crippen LogP contribution < -0.4 is 0 Å². The van der Waals surface area contributed by atoms with Gasteiger partial charge in [-0.1, -0.05) is 13.0 Å². The molecule has 0 unspecified atom stereocenters. The van der Waals surface area contributed by atoms with Crippen LogP contribution in [-0.4, -0.2) is 16.3 Å². The molecule has 20 heavy (non-hydrogen) atoms. The van der Waals surface area contributed by atoms with Crippen molar-refractivity contribution in [2.45, 2.75) is 57.4 Å². The fraction of sp³-hybridized carbons (Fsp3) is 0.667. The van der Waals surface area contributed by atoms with Gasteiger partial charge in [-0.15, -0.1) is 0 Å². The van der Waals surface area contributed by atoms with Gasteiger partial charge in [0.2, 0.25) is 0 Å². The summed E-state index contributed by atoms with van der Waals surface area (Å²) in [5.41, 5.74) is 1.48. The topological polar surface area (TPSA) is 40.5 Å². The Morgan fingerprint density at radius 2 is 2.25 bits per heavy atom. The molecule has 2 heteroatoms. The Morgan fingerprint density at radius 1 is 1.40 bits per heavy atom. The van der Waals surface area contributed by atoms with Crippen LogP contribution >= 0.6 is 0 Å². The molecule has 2 fully saturated rings. The van der Waals surface area contributed by atoms with Gasteiger partial charge in [0.25, 0.3) is 0 Å². The highest BCUT2D eigenvalue weighted by atomic mass is 16.3. The van der Waals surface area contributed by atoms with E-state index in [1.54, 1.807) is 6.07 Å². The van der Waals surface area contributed by atoms with Crippen molar-refractivity contribution in [2.24, 2.45) is 17.3 Å². The molecular weight excluding hydrogens is 248 g/mol. The van der Waals surface area contributed by atoms with E-state index in [1.807, 2.05) is 6.92 Å². The summed E-state index contributed by atoms with van der Waals surface area (Å²) in [6.45, 7) is 2.03. The Kier molecular flexibility index (Phi) is 1.93. The third-order valence-electron chi connectivity index (χ3n) is 6.14. The van der Waals surface area contributed by atoms with Gasteiger partial charge in [-0.25, -0.2) is 0 Å². The van der Waals surface area contributed by atoms with Crippen LogP contribution in [0.3, 0.4) is 0 Å². The summed E-state index contributed by atoms with van der Waals surface area (Å²) >= 11 is 0.